The lowest BCUT2D eigenvalue weighted by Crippen LogP contribution is -2.25. The molecule has 0 saturated carbocycles. The van der Waals surface area contributed by atoms with E-state index in [2.05, 4.69) is 16.0 Å². The first-order valence-corrected chi connectivity index (χ1v) is 6.98. The van der Waals surface area contributed by atoms with E-state index in [1.807, 2.05) is 18.4 Å². The second-order valence-electron chi connectivity index (χ2n) is 4.46. The molecule has 19 heavy (non-hydrogen) atoms. The maximum Gasteiger partial charge on any atom is 0.263 e. The molecule has 3 heterocycles. The van der Waals surface area contributed by atoms with Gasteiger partial charge in [-0.05, 0) is 30.5 Å². The Hall–Kier alpha value is -2.01. The summed E-state index contributed by atoms with van der Waals surface area (Å²) >= 11 is 1.71. The van der Waals surface area contributed by atoms with Crippen molar-refractivity contribution in [1.82, 2.24) is 14.5 Å². The number of aromatic nitrogens is 3. The lowest BCUT2D eigenvalue weighted by atomic mass is 10.2. The summed E-state index contributed by atoms with van der Waals surface area (Å²) in [5.41, 5.74) is 0.481. The minimum Gasteiger partial charge on any atom is -0.295 e. The Kier molecular flexibility index (Phi) is 3.13. The Morgan fingerprint density at radius 2 is 2.21 bits per heavy atom. The van der Waals surface area contributed by atoms with Crippen LogP contribution in [0, 0.1) is 0 Å². The van der Waals surface area contributed by atoms with Crippen LogP contribution in [0.4, 0.5) is 0 Å². The standard InChI is InChI=1S/C14H13N3OS/c1-10(8-11-4-3-7-19-11)17-9-16-13-12(14(17)18)5-2-6-15-13/h2-7,9-10H,8H2,1H3. The molecular formula is C14H13N3OS. The van der Waals surface area contributed by atoms with Gasteiger partial charge in [0.2, 0.25) is 0 Å². The molecular weight excluding hydrogens is 258 g/mol. The van der Waals surface area contributed by atoms with Gasteiger partial charge in [-0.2, -0.15) is 0 Å². The summed E-state index contributed by atoms with van der Waals surface area (Å²) < 4.78 is 1.68. The van der Waals surface area contributed by atoms with Crippen LogP contribution in [0.1, 0.15) is 17.8 Å². The van der Waals surface area contributed by atoms with Gasteiger partial charge in [0.05, 0.1) is 5.39 Å². The van der Waals surface area contributed by atoms with Gasteiger partial charge in [-0.25, -0.2) is 9.97 Å². The van der Waals surface area contributed by atoms with Gasteiger partial charge in [-0.1, -0.05) is 6.07 Å². The van der Waals surface area contributed by atoms with Crippen molar-refractivity contribution in [1.29, 1.82) is 0 Å². The van der Waals surface area contributed by atoms with Crippen molar-refractivity contribution in [3.05, 3.63) is 57.4 Å². The molecule has 1 atom stereocenters. The highest BCUT2D eigenvalue weighted by atomic mass is 32.1. The Labute approximate surface area is 114 Å². The molecule has 0 aromatic carbocycles. The summed E-state index contributed by atoms with van der Waals surface area (Å²) in [6.07, 6.45) is 4.08. The fraction of sp³-hybridized carbons (Fsp3) is 0.214. The van der Waals surface area contributed by atoms with Crippen molar-refractivity contribution in [2.24, 2.45) is 0 Å². The highest BCUT2D eigenvalue weighted by Gasteiger charge is 2.11. The van der Waals surface area contributed by atoms with Gasteiger partial charge in [-0.15, -0.1) is 11.3 Å². The minimum absolute atomic E-state index is 0.0258. The summed E-state index contributed by atoms with van der Waals surface area (Å²) in [6.45, 7) is 2.03. The van der Waals surface area contributed by atoms with E-state index in [1.54, 1.807) is 40.6 Å². The van der Waals surface area contributed by atoms with E-state index in [-0.39, 0.29) is 11.6 Å². The van der Waals surface area contributed by atoms with Crippen LogP contribution in [0.2, 0.25) is 0 Å². The third-order valence-electron chi connectivity index (χ3n) is 3.11. The number of rotatable bonds is 3. The smallest absolute Gasteiger partial charge is 0.263 e. The molecule has 0 fully saturated rings. The molecule has 0 aliphatic heterocycles. The average molecular weight is 271 g/mol. The molecule has 4 nitrogen and oxygen atoms in total. The summed E-state index contributed by atoms with van der Waals surface area (Å²) in [7, 11) is 0. The third-order valence-corrected chi connectivity index (χ3v) is 4.01. The number of nitrogens with zero attached hydrogens (tertiary/aromatic N) is 3. The van der Waals surface area contributed by atoms with E-state index >= 15 is 0 Å². The highest BCUT2D eigenvalue weighted by molar-refractivity contribution is 7.09. The molecule has 1 unspecified atom stereocenters. The van der Waals surface area contributed by atoms with Gasteiger partial charge in [-0.3, -0.25) is 9.36 Å². The average Bonchev–Trinajstić information content (AvgIpc) is 2.92. The van der Waals surface area contributed by atoms with Gasteiger partial charge in [0.25, 0.3) is 5.56 Å². The zero-order valence-corrected chi connectivity index (χ0v) is 11.3. The molecule has 0 saturated heterocycles. The fourth-order valence-electron chi connectivity index (χ4n) is 2.11. The van der Waals surface area contributed by atoms with Gasteiger partial charge >= 0.3 is 0 Å². The summed E-state index contributed by atoms with van der Waals surface area (Å²) in [5, 5.41) is 2.62. The molecule has 96 valence electrons. The number of hydrogen-bond donors (Lipinski definition) is 0. The van der Waals surface area contributed by atoms with Crippen LogP contribution >= 0.6 is 11.3 Å². The van der Waals surface area contributed by atoms with Gasteiger partial charge in [0.1, 0.15) is 6.33 Å². The van der Waals surface area contributed by atoms with Crippen molar-refractivity contribution in [2.75, 3.05) is 0 Å². The summed E-state index contributed by atoms with van der Waals surface area (Å²) in [5.74, 6) is 0. The third kappa shape index (κ3) is 2.29. The van der Waals surface area contributed by atoms with Crippen molar-refractivity contribution in [2.45, 2.75) is 19.4 Å². The molecule has 0 aliphatic rings. The topological polar surface area (TPSA) is 47.8 Å². The van der Waals surface area contributed by atoms with Crippen LogP contribution in [0.5, 0.6) is 0 Å². The molecule has 0 radical (unpaired) electrons. The predicted octanol–water partition coefficient (Wildman–Crippen LogP) is 2.66. The molecule has 3 rings (SSSR count). The predicted molar refractivity (Wildman–Crippen MR) is 76.5 cm³/mol. The molecule has 3 aromatic heterocycles. The maximum atomic E-state index is 12.4. The summed E-state index contributed by atoms with van der Waals surface area (Å²) in [6, 6.07) is 7.73. The maximum absolute atomic E-state index is 12.4. The summed E-state index contributed by atoms with van der Waals surface area (Å²) in [4.78, 5) is 22.0. The van der Waals surface area contributed by atoms with Crippen molar-refractivity contribution >= 4 is 22.4 Å². The molecule has 0 spiro atoms. The fourth-order valence-corrected chi connectivity index (χ4v) is 2.93. The largest absolute Gasteiger partial charge is 0.295 e. The van der Waals surface area contributed by atoms with E-state index in [0.29, 0.717) is 11.0 Å². The van der Waals surface area contributed by atoms with Crippen LogP contribution < -0.4 is 5.56 Å². The minimum atomic E-state index is -0.0258. The second-order valence-corrected chi connectivity index (χ2v) is 5.50. The van der Waals surface area contributed by atoms with Crippen LogP contribution in [-0.4, -0.2) is 14.5 Å². The molecule has 0 aliphatic carbocycles. The number of fused-ring (bicyclic) bond motifs is 1. The Balaban J connectivity index is 2.01. The number of pyridine rings is 1. The van der Waals surface area contributed by atoms with Crippen LogP contribution in [0.3, 0.4) is 0 Å². The number of hydrogen-bond acceptors (Lipinski definition) is 4. The van der Waals surface area contributed by atoms with Crippen LogP contribution in [0.25, 0.3) is 11.0 Å². The molecule has 0 bridgehead atoms. The zero-order chi connectivity index (χ0) is 13.2. The number of thiophene rings is 1. The van der Waals surface area contributed by atoms with E-state index in [0.717, 1.165) is 6.42 Å². The van der Waals surface area contributed by atoms with Crippen LogP contribution in [0.15, 0.2) is 47.0 Å². The Morgan fingerprint density at radius 1 is 1.32 bits per heavy atom. The van der Waals surface area contributed by atoms with E-state index in [4.69, 9.17) is 0 Å². The lowest BCUT2D eigenvalue weighted by molar-refractivity contribution is 0.526. The Bertz CT molecular complexity index is 749. The van der Waals surface area contributed by atoms with Crippen molar-refractivity contribution in [3.8, 4) is 0 Å². The van der Waals surface area contributed by atoms with Gasteiger partial charge in [0.15, 0.2) is 5.65 Å². The first-order chi connectivity index (χ1) is 9.25. The van der Waals surface area contributed by atoms with Gasteiger partial charge in [0, 0.05) is 23.5 Å². The first-order valence-electron chi connectivity index (χ1n) is 6.10. The van der Waals surface area contributed by atoms with E-state index in [9.17, 15) is 4.79 Å². The van der Waals surface area contributed by atoms with Crippen molar-refractivity contribution < 1.29 is 0 Å². The molecule has 0 amide bonds. The second kappa shape index (κ2) is 4.93. The zero-order valence-electron chi connectivity index (χ0n) is 10.5. The highest BCUT2D eigenvalue weighted by Crippen LogP contribution is 2.17. The van der Waals surface area contributed by atoms with E-state index in [1.165, 1.54) is 4.88 Å². The van der Waals surface area contributed by atoms with Crippen LogP contribution in [-0.2, 0) is 6.42 Å². The normalized spacial score (nSPS) is 12.7. The Morgan fingerprint density at radius 3 is 3.00 bits per heavy atom. The SMILES string of the molecule is CC(Cc1cccs1)n1cnc2ncccc2c1=O. The molecule has 5 heteroatoms. The molecule has 3 aromatic rings. The molecule has 0 N–H and O–H groups in total. The van der Waals surface area contributed by atoms with E-state index < -0.39 is 0 Å². The van der Waals surface area contributed by atoms with Gasteiger partial charge < -0.3 is 0 Å². The first kappa shape index (κ1) is 12.0. The monoisotopic (exact) mass is 271 g/mol. The van der Waals surface area contributed by atoms with Crippen molar-refractivity contribution in [3.63, 3.8) is 0 Å². The quantitative estimate of drug-likeness (QED) is 0.735. The lowest BCUT2D eigenvalue weighted by Gasteiger charge is -2.14.